The summed E-state index contributed by atoms with van der Waals surface area (Å²) in [4.78, 5) is 34.7. The van der Waals surface area contributed by atoms with Crippen molar-refractivity contribution in [1.82, 2.24) is 30.8 Å². The average molecular weight is 627 g/mol. The minimum atomic E-state index is -0.630. The minimum absolute atomic E-state index is 0.0771. The number of aromatic nitrogens is 4. The van der Waals surface area contributed by atoms with E-state index in [4.69, 9.17) is 28.2 Å². The van der Waals surface area contributed by atoms with Crippen LogP contribution in [-0.2, 0) is 16.1 Å². The van der Waals surface area contributed by atoms with Gasteiger partial charge in [0.1, 0.15) is 11.4 Å². The van der Waals surface area contributed by atoms with Crippen molar-refractivity contribution in [3.63, 3.8) is 0 Å². The van der Waals surface area contributed by atoms with Crippen LogP contribution < -0.4 is 5.32 Å². The first-order chi connectivity index (χ1) is 20.4. The summed E-state index contributed by atoms with van der Waals surface area (Å²) in [5.41, 5.74) is 2.49. The van der Waals surface area contributed by atoms with Crippen molar-refractivity contribution < 1.29 is 9.59 Å². The number of carbonyl (C=O) groups excluding carboxylic acids is 2. The van der Waals surface area contributed by atoms with Gasteiger partial charge in [-0.15, -0.1) is 10.2 Å². The zero-order valence-corrected chi connectivity index (χ0v) is 27.1. The molecule has 11 heteroatoms. The van der Waals surface area contributed by atoms with Gasteiger partial charge in [0.05, 0.1) is 12.6 Å². The van der Waals surface area contributed by atoms with Crippen LogP contribution in [0.25, 0.3) is 0 Å². The van der Waals surface area contributed by atoms with Crippen LogP contribution in [0.15, 0.2) is 46.5 Å². The van der Waals surface area contributed by atoms with Crippen LogP contribution in [-0.4, -0.2) is 54.8 Å². The van der Waals surface area contributed by atoms with Gasteiger partial charge in [-0.05, 0) is 86.0 Å². The molecule has 1 saturated carbocycles. The molecule has 1 unspecified atom stereocenters. The number of amides is 2. The van der Waals surface area contributed by atoms with E-state index in [2.05, 4.69) is 65.5 Å². The van der Waals surface area contributed by atoms with E-state index in [0.29, 0.717) is 57.4 Å². The van der Waals surface area contributed by atoms with Gasteiger partial charge in [-0.3, -0.25) is 14.6 Å². The Bertz CT molecular complexity index is 1430. The standard InChI is InChI=1S/C32H41Cl2N7O2/c1-19(2)14-26(20-6-8-21(9-7-20)29(42)35-18-27-37-39-40-38-27)41-30(43)28(22-15-24(33)17-25(34)16-22)36-32(41)12-10-23(11-13-32)31(3,4)5/h6,8,15-17,19,23,26H,7,9-14,18H2,1-5H3,(H,35,42)(H,37,38,39,40). The quantitative estimate of drug-likeness (QED) is 0.350. The van der Waals surface area contributed by atoms with Gasteiger partial charge in [0.15, 0.2) is 5.82 Å². The first-order valence-corrected chi connectivity index (χ1v) is 15.9. The fourth-order valence-electron chi connectivity index (χ4n) is 6.74. The highest BCUT2D eigenvalue weighted by molar-refractivity contribution is 6.48. The number of aliphatic imine (C=N–C) groups is 1. The molecule has 3 aliphatic rings. The molecule has 0 saturated heterocycles. The Morgan fingerprint density at radius 3 is 2.37 bits per heavy atom. The molecule has 1 spiro atoms. The third-order valence-electron chi connectivity index (χ3n) is 9.04. The van der Waals surface area contributed by atoms with Crippen LogP contribution in [0.2, 0.25) is 10.0 Å². The number of halogens is 2. The van der Waals surface area contributed by atoms with Crippen molar-refractivity contribution >= 4 is 40.7 Å². The van der Waals surface area contributed by atoms with Crippen LogP contribution in [0.3, 0.4) is 0 Å². The molecule has 2 aliphatic carbocycles. The van der Waals surface area contributed by atoms with Crippen molar-refractivity contribution in [3.8, 4) is 0 Å². The molecule has 1 fully saturated rings. The molecule has 1 aliphatic heterocycles. The number of nitrogens with one attached hydrogen (secondary N) is 2. The number of allylic oxidation sites excluding steroid dienone is 2. The van der Waals surface area contributed by atoms with Gasteiger partial charge in [0.2, 0.25) is 5.91 Å². The van der Waals surface area contributed by atoms with E-state index in [-0.39, 0.29) is 29.8 Å². The Kier molecular flexibility index (Phi) is 9.14. The maximum absolute atomic E-state index is 14.5. The highest BCUT2D eigenvalue weighted by Crippen LogP contribution is 2.49. The van der Waals surface area contributed by atoms with Gasteiger partial charge in [-0.2, -0.15) is 5.21 Å². The highest BCUT2D eigenvalue weighted by Gasteiger charge is 2.53. The topological polar surface area (TPSA) is 116 Å². The molecule has 0 radical (unpaired) electrons. The summed E-state index contributed by atoms with van der Waals surface area (Å²) in [5, 5.41) is 17.5. The number of hydrogen-bond donors (Lipinski definition) is 2. The number of carbonyl (C=O) groups is 2. The number of aromatic amines is 1. The molecule has 1 aromatic carbocycles. The SMILES string of the molecule is CC(C)CC(C1=CC=C(C(=O)NCc2nn[nH]n2)CC1)N1C(=O)C(c2cc(Cl)cc(Cl)c2)=NC12CCC(C(C)(C)C)CC2. The lowest BCUT2D eigenvalue weighted by Crippen LogP contribution is -2.55. The fraction of sp³-hybridized carbons (Fsp3) is 0.562. The molecule has 2 aromatic rings. The second-order valence-electron chi connectivity index (χ2n) is 13.5. The summed E-state index contributed by atoms with van der Waals surface area (Å²) < 4.78 is 0. The summed E-state index contributed by atoms with van der Waals surface area (Å²) >= 11 is 12.8. The third-order valence-corrected chi connectivity index (χ3v) is 9.48. The van der Waals surface area contributed by atoms with Crippen LogP contribution in [0.1, 0.15) is 91.0 Å². The van der Waals surface area contributed by atoms with Crippen molar-refractivity contribution in [3.05, 3.63) is 62.9 Å². The molecular weight excluding hydrogens is 585 g/mol. The lowest BCUT2D eigenvalue weighted by atomic mass is 9.69. The van der Waals surface area contributed by atoms with Gasteiger partial charge >= 0.3 is 0 Å². The van der Waals surface area contributed by atoms with E-state index < -0.39 is 5.66 Å². The first kappa shape index (κ1) is 31.4. The number of tetrazole rings is 1. The molecule has 2 heterocycles. The Balaban J connectivity index is 1.48. The van der Waals surface area contributed by atoms with E-state index in [1.165, 1.54) is 0 Å². The molecule has 230 valence electrons. The average Bonchev–Trinajstić information content (AvgIpc) is 3.56. The summed E-state index contributed by atoms with van der Waals surface area (Å²) in [5.74, 6) is 1.09. The van der Waals surface area contributed by atoms with Crippen molar-refractivity contribution in [2.24, 2.45) is 22.2 Å². The van der Waals surface area contributed by atoms with Gasteiger partial charge in [-0.1, -0.05) is 75.2 Å². The maximum atomic E-state index is 14.5. The molecule has 1 aromatic heterocycles. The van der Waals surface area contributed by atoms with E-state index >= 15 is 0 Å². The third kappa shape index (κ3) is 6.88. The van der Waals surface area contributed by atoms with Crippen LogP contribution >= 0.6 is 23.2 Å². The lowest BCUT2D eigenvalue weighted by molar-refractivity contribution is -0.132. The van der Waals surface area contributed by atoms with Crippen LogP contribution in [0.5, 0.6) is 0 Å². The van der Waals surface area contributed by atoms with E-state index in [1.807, 2.05) is 12.2 Å². The first-order valence-electron chi connectivity index (χ1n) is 15.2. The van der Waals surface area contributed by atoms with E-state index in [0.717, 1.165) is 37.7 Å². The van der Waals surface area contributed by atoms with Crippen LogP contribution in [0.4, 0.5) is 0 Å². The number of nitrogens with zero attached hydrogens (tertiary/aromatic N) is 5. The van der Waals surface area contributed by atoms with Crippen molar-refractivity contribution in [2.45, 2.75) is 97.8 Å². The number of rotatable bonds is 8. The highest BCUT2D eigenvalue weighted by atomic mass is 35.5. The predicted molar refractivity (Wildman–Crippen MR) is 169 cm³/mol. The smallest absolute Gasteiger partial charge is 0.275 e. The minimum Gasteiger partial charge on any atom is -0.345 e. The normalized spacial score (nSPS) is 23.3. The molecular formula is C32H41Cl2N7O2. The second-order valence-corrected chi connectivity index (χ2v) is 14.4. The predicted octanol–water partition coefficient (Wildman–Crippen LogP) is 6.45. The Labute approximate surface area is 263 Å². The van der Waals surface area contributed by atoms with E-state index in [9.17, 15) is 9.59 Å². The lowest BCUT2D eigenvalue weighted by Gasteiger charge is -2.48. The fourth-order valence-corrected chi connectivity index (χ4v) is 7.27. The molecule has 5 rings (SSSR count). The van der Waals surface area contributed by atoms with Gasteiger partial charge in [0.25, 0.3) is 5.91 Å². The monoisotopic (exact) mass is 625 g/mol. The van der Waals surface area contributed by atoms with Crippen molar-refractivity contribution in [2.75, 3.05) is 0 Å². The summed E-state index contributed by atoms with van der Waals surface area (Å²) in [6, 6.07) is 5.09. The number of hydrogen-bond acceptors (Lipinski definition) is 6. The largest absolute Gasteiger partial charge is 0.345 e. The van der Waals surface area contributed by atoms with Gasteiger partial charge < -0.3 is 10.2 Å². The zero-order chi connectivity index (χ0) is 30.9. The zero-order valence-electron chi connectivity index (χ0n) is 25.6. The Morgan fingerprint density at radius 2 is 1.81 bits per heavy atom. The van der Waals surface area contributed by atoms with Crippen molar-refractivity contribution in [1.29, 1.82) is 0 Å². The van der Waals surface area contributed by atoms with E-state index in [1.54, 1.807) is 18.2 Å². The number of H-pyrrole nitrogens is 1. The molecule has 1 atom stereocenters. The molecule has 43 heavy (non-hydrogen) atoms. The summed E-state index contributed by atoms with van der Waals surface area (Å²) in [6.07, 6.45) is 9.60. The maximum Gasteiger partial charge on any atom is 0.275 e. The molecule has 2 amide bonds. The van der Waals surface area contributed by atoms with Gasteiger partial charge in [-0.25, -0.2) is 0 Å². The summed E-state index contributed by atoms with van der Waals surface area (Å²) in [6.45, 7) is 11.5. The second kappa shape index (κ2) is 12.5. The molecule has 2 N–H and O–H groups in total. The van der Waals surface area contributed by atoms with Gasteiger partial charge in [0, 0.05) is 21.2 Å². The van der Waals surface area contributed by atoms with Crippen LogP contribution in [0, 0.1) is 17.3 Å². The molecule has 9 nitrogen and oxygen atoms in total. The Morgan fingerprint density at radius 1 is 1.12 bits per heavy atom. The number of benzene rings is 1. The Hall–Kier alpha value is -3.04. The summed E-state index contributed by atoms with van der Waals surface area (Å²) in [7, 11) is 0. The molecule has 0 bridgehead atoms.